The van der Waals surface area contributed by atoms with Gasteiger partial charge in [-0.3, -0.25) is 9.59 Å². The summed E-state index contributed by atoms with van der Waals surface area (Å²) in [4.78, 5) is 36.5. The Morgan fingerprint density at radius 3 is 2.65 bits per heavy atom. The molecule has 0 saturated carbocycles. The van der Waals surface area contributed by atoms with Crippen molar-refractivity contribution in [1.29, 1.82) is 0 Å². The van der Waals surface area contributed by atoms with Crippen LogP contribution in [0.15, 0.2) is 12.3 Å². The second kappa shape index (κ2) is 6.52. The van der Waals surface area contributed by atoms with Crippen LogP contribution in [0.5, 0.6) is 0 Å². The highest BCUT2D eigenvalue weighted by Gasteiger charge is 2.36. The number of rotatable bonds is 3. The third-order valence-electron chi connectivity index (χ3n) is 4.82. The Balaban J connectivity index is 1.79. The number of aromatic nitrogens is 2. The zero-order chi connectivity index (χ0) is 16.4. The fourth-order valence-electron chi connectivity index (χ4n) is 3.44. The molecule has 23 heavy (non-hydrogen) atoms. The molecule has 0 spiro atoms. The van der Waals surface area contributed by atoms with E-state index in [-0.39, 0.29) is 11.9 Å². The minimum atomic E-state index is -0.838. The molecule has 3 heterocycles. The molecular weight excluding hydrogens is 296 g/mol. The van der Waals surface area contributed by atoms with E-state index in [1.54, 1.807) is 24.1 Å². The number of carbonyl (C=O) groups excluding carboxylic acids is 1. The van der Waals surface area contributed by atoms with Crippen LogP contribution >= 0.6 is 0 Å². The number of hydrogen-bond acceptors (Lipinski definition) is 5. The zero-order valence-electron chi connectivity index (χ0n) is 13.3. The molecule has 0 unspecified atom stereocenters. The molecule has 7 heteroatoms. The predicted octanol–water partition coefficient (Wildman–Crippen LogP) is 1.40. The van der Waals surface area contributed by atoms with Crippen LogP contribution < -0.4 is 4.90 Å². The molecule has 1 aromatic heterocycles. The molecule has 2 aliphatic rings. The summed E-state index contributed by atoms with van der Waals surface area (Å²) >= 11 is 0. The lowest BCUT2D eigenvalue weighted by Crippen LogP contribution is -2.49. The van der Waals surface area contributed by atoms with Crippen molar-refractivity contribution >= 4 is 17.8 Å². The van der Waals surface area contributed by atoms with E-state index in [9.17, 15) is 14.7 Å². The molecule has 7 nitrogen and oxygen atoms in total. The van der Waals surface area contributed by atoms with Crippen molar-refractivity contribution in [3.63, 3.8) is 0 Å². The number of carbonyl (C=O) groups is 2. The van der Waals surface area contributed by atoms with Crippen molar-refractivity contribution in [2.75, 3.05) is 24.5 Å². The first-order chi connectivity index (χ1) is 11.1. The van der Waals surface area contributed by atoms with Gasteiger partial charge >= 0.3 is 5.97 Å². The van der Waals surface area contributed by atoms with Crippen LogP contribution in [0, 0.1) is 5.92 Å². The van der Waals surface area contributed by atoms with Gasteiger partial charge in [0, 0.05) is 31.9 Å². The Labute approximate surface area is 135 Å². The van der Waals surface area contributed by atoms with Crippen molar-refractivity contribution in [2.24, 2.45) is 5.92 Å². The summed E-state index contributed by atoms with van der Waals surface area (Å²) in [6.45, 7) is 4.21. The highest BCUT2D eigenvalue weighted by atomic mass is 16.4. The van der Waals surface area contributed by atoms with Gasteiger partial charge in [0.1, 0.15) is 5.69 Å². The van der Waals surface area contributed by atoms with Crippen molar-refractivity contribution in [3.8, 4) is 0 Å². The van der Waals surface area contributed by atoms with E-state index in [0.717, 1.165) is 25.9 Å². The third kappa shape index (κ3) is 3.13. The number of nitrogens with zero attached hydrogens (tertiary/aromatic N) is 4. The molecule has 1 aromatic rings. The summed E-state index contributed by atoms with van der Waals surface area (Å²) < 4.78 is 0. The summed E-state index contributed by atoms with van der Waals surface area (Å²) in [5.41, 5.74) is 0.347. The molecule has 1 amide bonds. The molecule has 124 valence electrons. The van der Waals surface area contributed by atoms with Crippen LogP contribution in [0.2, 0.25) is 0 Å². The van der Waals surface area contributed by atoms with Gasteiger partial charge in [-0.1, -0.05) is 0 Å². The van der Waals surface area contributed by atoms with E-state index in [2.05, 4.69) is 14.9 Å². The summed E-state index contributed by atoms with van der Waals surface area (Å²) in [5.74, 6) is -0.956. The monoisotopic (exact) mass is 318 g/mol. The number of piperidine rings is 1. The number of anilines is 1. The van der Waals surface area contributed by atoms with E-state index >= 15 is 0 Å². The van der Waals surface area contributed by atoms with Crippen LogP contribution in [0.3, 0.4) is 0 Å². The van der Waals surface area contributed by atoms with Gasteiger partial charge in [-0.15, -0.1) is 0 Å². The second-order valence-corrected chi connectivity index (χ2v) is 6.26. The smallest absolute Gasteiger partial charge is 0.308 e. The van der Waals surface area contributed by atoms with Crippen LogP contribution in [0.1, 0.15) is 43.1 Å². The first kappa shape index (κ1) is 15.7. The number of hydrogen-bond donors (Lipinski definition) is 1. The van der Waals surface area contributed by atoms with Gasteiger partial charge in [0.05, 0.1) is 5.92 Å². The maximum atomic E-state index is 12.8. The molecule has 0 aromatic carbocycles. The third-order valence-corrected chi connectivity index (χ3v) is 4.82. The maximum Gasteiger partial charge on any atom is 0.308 e. The standard InChI is InChI=1S/C16H22N4O3/c1-11-12(15(22)23)5-4-10-20(11)14(21)13-6-7-17-16(18-13)19-8-2-3-9-19/h6-7,11-12H,2-5,8-10H2,1H3,(H,22,23)/t11-,12-/m1/s1. The summed E-state index contributed by atoms with van der Waals surface area (Å²) in [6.07, 6.45) is 5.16. The first-order valence-electron chi connectivity index (χ1n) is 8.19. The fraction of sp³-hybridized carbons (Fsp3) is 0.625. The zero-order valence-corrected chi connectivity index (χ0v) is 13.3. The lowest BCUT2D eigenvalue weighted by atomic mass is 9.90. The van der Waals surface area contributed by atoms with E-state index in [1.165, 1.54) is 0 Å². The lowest BCUT2D eigenvalue weighted by Gasteiger charge is -2.37. The maximum absolute atomic E-state index is 12.8. The summed E-state index contributed by atoms with van der Waals surface area (Å²) in [6, 6.07) is 1.29. The van der Waals surface area contributed by atoms with Crippen LogP contribution in [-0.4, -0.2) is 57.5 Å². The average molecular weight is 318 g/mol. The van der Waals surface area contributed by atoms with E-state index < -0.39 is 11.9 Å². The number of carboxylic acid groups (broad SMARTS) is 1. The Kier molecular flexibility index (Phi) is 4.45. The minimum Gasteiger partial charge on any atom is -0.481 e. The van der Waals surface area contributed by atoms with E-state index in [1.807, 2.05) is 0 Å². The highest BCUT2D eigenvalue weighted by Crippen LogP contribution is 2.25. The molecule has 1 N–H and O–H groups in total. The molecule has 2 atom stereocenters. The Bertz CT molecular complexity index is 601. The first-order valence-corrected chi connectivity index (χ1v) is 8.19. The highest BCUT2D eigenvalue weighted by molar-refractivity contribution is 5.93. The topological polar surface area (TPSA) is 86.6 Å². The molecule has 0 aliphatic carbocycles. The lowest BCUT2D eigenvalue weighted by molar-refractivity contribution is -0.144. The molecule has 3 rings (SSSR count). The van der Waals surface area contributed by atoms with Gasteiger partial charge < -0.3 is 14.9 Å². The van der Waals surface area contributed by atoms with Crippen molar-refractivity contribution in [3.05, 3.63) is 18.0 Å². The molecule has 2 saturated heterocycles. The Morgan fingerprint density at radius 2 is 1.96 bits per heavy atom. The summed E-state index contributed by atoms with van der Waals surface area (Å²) in [5, 5.41) is 9.30. The number of carboxylic acids is 1. The van der Waals surface area contributed by atoms with Gasteiger partial charge in [-0.05, 0) is 38.7 Å². The number of aliphatic carboxylic acids is 1. The molecular formula is C16H22N4O3. The van der Waals surface area contributed by atoms with Gasteiger partial charge in [-0.2, -0.15) is 0 Å². The molecule has 2 aliphatic heterocycles. The number of likely N-dealkylation sites (tertiary alicyclic amines) is 1. The minimum absolute atomic E-state index is 0.203. The Morgan fingerprint density at radius 1 is 1.22 bits per heavy atom. The van der Waals surface area contributed by atoms with Crippen molar-refractivity contribution in [2.45, 2.75) is 38.6 Å². The van der Waals surface area contributed by atoms with Gasteiger partial charge in [0.2, 0.25) is 5.95 Å². The van der Waals surface area contributed by atoms with E-state index in [4.69, 9.17) is 0 Å². The normalized spacial score (nSPS) is 24.7. The van der Waals surface area contributed by atoms with Crippen molar-refractivity contribution < 1.29 is 14.7 Å². The average Bonchev–Trinajstić information content (AvgIpc) is 3.09. The molecule has 2 fully saturated rings. The number of amides is 1. The predicted molar refractivity (Wildman–Crippen MR) is 84.3 cm³/mol. The van der Waals surface area contributed by atoms with Crippen LogP contribution in [0.25, 0.3) is 0 Å². The second-order valence-electron chi connectivity index (χ2n) is 6.26. The molecule has 0 bridgehead atoms. The van der Waals surface area contributed by atoms with Gasteiger partial charge in [0.25, 0.3) is 5.91 Å². The van der Waals surface area contributed by atoms with Crippen LogP contribution in [-0.2, 0) is 4.79 Å². The van der Waals surface area contributed by atoms with Gasteiger partial charge in [-0.25, -0.2) is 9.97 Å². The molecule has 0 radical (unpaired) electrons. The quantitative estimate of drug-likeness (QED) is 0.906. The summed E-state index contributed by atoms with van der Waals surface area (Å²) in [7, 11) is 0. The van der Waals surface area contributed by atoms with Crippen molar-refractivity contribution in [1.82, 2.24) is 14.9 Å². The van der Waals surface area contributed by atoms with Gasteiger partial charge in [0.15, 0.2) is 0 Å². The largest absolute Gasteiger partial charge is 0.481 e. The SMILES string of the molecule is C[C@@H]1[C@H](C(=O)O)CCCN1C(=O)c1ccnc(N2CCCC2)n1. The van der Waals surface area contributed by atoms with E-state index in [0.29, 0.717) is 31.0 Å². The van der Waals surface area contributed by atoms with Crippen LogP contribution in [0.4, 0.5) is 5.95 Å². The fourth-order valence-corrected chi connectivity index (χ4v) is 3.44. The Hall–Kier alpha value is -2.18.